The molecule has 1 heterocycles. The molecule has 0 atom stereocenters. The highest BCUT2D eigenvalue weighted by molar-refractivity contribution is 5.59. The zero-order chi connectivity index (χ0) is 5.98. The summed E-state index contributed by atoms with van der Waals surface area (Å²) in [5.41, 5.74) is 1.08. The summed E-state index contributed by atoms with van der Waals surface area (Å²) in [6.45, 7) is 7.69. The van der Waals surface area contributed by atoms with Crippen LogP contribution in [0.4, 0.5) is 0 Å². The van der Waals surface area contributed by atoms with Gasteiger partial charge in [0, 0.05) is 12.2 Å². The summed E-state index contributed by atoms with van der Waals surface area (Å²) >= 11 is 0. The molecule has 0 unspecified atom stereocenters. The van der Waals surface area contributed by atoms with Crippen molar-refractivity contribution in [3.8, 4) is 0 Å². The van der Waals surface area contributed by atoms with Crippen LogP contribution in [-0.4, -0.2) is 24.3 Å². The number of rotatable bonds is 1. The Balaban J connectivity index is 2.48. The van der Waals surface area contributed by atoms with Crippen molar-refractivity contribution in [3.05, 3.63) is 12.3 Å². The number of aliphatic imine (C=N–C) groups is 1. The molecule has 0 aromatic carbocycles. The van der Waals surface area contributed by atoms with Crippen LogP contribution in [0.3, 0.4) is 0 Å². The van der Waals surface area contributed by atoms with E-state index >= 15 is 0 Å². The Hall–Kier alpha value is -0.790. The standard InChI is InChI=1S/C6H10N2/c1-6(2)8-4-3-7-5-8/h5H,1,3-4H2,2H3. The summed E-state index contributed by atoms with van der Waals surface area (Å²) in [5, 5.41) is 0. The lowest BCUT2D eigenvalue weighted by molar-refractivity contribution is 0.577. The van der Waals surface area contributed by atoms with Crippen LogP contribution in [0.15, 0.2) is 17.3 Å². The molecule has 8 heavy (non-hydrogen) atoms. The second-order valence-corrected chi connectivity index (χ2v) is 1.95. The Morgan fingerprint density at radius 3 is 2.88 bits per heavy atom. The van der Waals surface area contributed by atoms with Crippen LogP contribution in [0.2, 0.25) is 0 Å². The minimum Gasteiger partial charge on any atom is -0.336 e. The van der Waals surface area contributed by atoms with E-state index in [4.69, 9.17) is 0 Å². The van der Waals surface area contributed by atoms with Gasteiger partial charge in [0.25, 0.3) is 0 Å². The molecule has 0 saturated heterocycles. The highest BCUT2D eigenvalue weighted by Gasteiger charge is 2.02. The fourth-order valence-electron chi connectivity index (χ4n) is 0.669. The Morgan fingerprint density at radius 2 is 2.62 bits per heavy atom. The molecule has 0 fully saturated rings. The highest BCUT2D eigenvalue weighted by Crippen LogP contribution is 2.00. The predicted molar refractivity (Wildman–Crippen MR) is 34.9 cm³/mol. The van der Waals surface area contributed by atoms with Gasteiger partial charge >= 0.3 is 0 Å². The average Bonchev–Trinajstić information content (AvgIpc) is 2.12. The predicted octanol–water partition coefficient (Wildman–Crippen LogP) is 0.864. The van der Waals surface area contributed by atoms with Gasteiger partial charge in [-0.05, 0) is 6.92 Å². The van der Waals surface area contributed by atoms with E-state index in [9.17, 15) is 0 Å². The first-order valence-corrected chi connectivity index (χ1v) is 2.73. The molecule has 0 spiro atoms. The minimum atomic E-state index is 0.923. The number of hydrogen-bond acceptors (Lipinski definition) is 2. The molecule has 0 N–H and O–H groups in total. The Kier molecular flexibility index (Phi) is 1.33. The molecule has 2 heteroatoms. The SMILES string of the molecule is C=C(C)N1C=NCC1. The molecule has 1 aliphatic heterocycles. The lowest BCUT2D eigenvalue weighted by Crippen LogP contribution is -2.15. The fourth-order valence-corrected chi connectivity index (χ4v) is 0.669. The Bertz CT molecular complexity index is 126. The van der Waals surface area contributed by atoms with Crippen LogP contribution in [0, 0.1) is 0 Å². The number of hydrogen-bond donors (Lipinski definition) is 0. The van der Waals surface area contributed by atoms with E-state index < -0.39 is 0 Å². The topological polar surface area (TPSA) is 15.6 Å². The molecule has 2 nitrogen and oxygen atoms in total. The first-order chi connectivity index (χ1) is 3.80. The summed E-state index contributed by atoms with van der Waals surface area (Å²) in [7, 11) is 0. The van der Waals surface area contributed by atoms with Crippen molar-refractivity contribution in [1.82, 2.24) is 4.90 Å². The van der Waals surface area contributed by atoms with Crippen LogP contribution in [0.1, 0.15) is 6.92 Å². The van der Waals surface area contributed by atoms with Crippen LogP contribution in [0.25, 0.3) is 0 Å². The molecule has 0 amide bonds. The second-order valence-electron chi connectivity index (χ2n) is 1.95. The quantitative estimate of drug-likeness (QED) is 0.489. The van der Waals surface area contributed by atoms with Crippen molar-refractivity contribution < 1.29 is 0 Å². The normalized spacial score (nSPS) is 17.4. The molecule has 44 valence electrons. The molecule has 0 aromatic rings. The van der Waals surface area contributed by atoms with Gasteiger partial charge in [0.2, 0.25) is 0 Å². The lowest BCUT2D eigenvalue weighted by Gasteiger charge is -2.11. The Morgan fingerprint density at radius 1 is 1.88 bits per heavy atom. The van der Waals surface area contributed by atoms with Crippen molar-refractivity contribution >= 4 is 6.34 Å². The van der Waals surface area contributed by atoms with Gasteiger partial charge in [0.05, 0.1) is 12.9 Å². The second kappa shape index (κ2) is 1.99. The molecule has 1 rings (SSSR count). The maximum Gasteiger partial charge on any atom is 0.0892 e. The summed E-state index contributed by atoms with van der Waals surface area (Å²) < 4.78 is 0. The summed E-state index contributed by atoms with van der Waals surface area (Å²) in [5.74, 6) is 0. The third-order valence-electron chi connectivity index (χ3n) is 1.18. The molecule has 0 aliphatic carbocycles. The van der Waals surface area contributed by atoms with Crippen molar-refractivity contribution in [2.45, 2.75) is 6.92 Å². The van der Waals surface area contributed by atoms with E-state index in [2.05, 4.69) is 11.6 Å². The van der Waals surface area contributed by atoms with Crippen LogP contribution in [-0.2, 0) is 0 Å². The zero-order valence-corrected chi connectivity index (χ0v) is 5.09. The largest absolute Gasteiger partial charge is 0.336 e. The molecule has 0 aromatic heterocycles. The molecule has 0 saturated carbocycles. The van der Waals surface area contributed by atoms with E-state index in [0.29, 0.717) is 0 Å². The van der Waals surface area contributed by atoms with Crippen molar-refractivity contribution in [2.24, 2.45) is 4.99 Å². The van der Waals surface area contributed by atoms with E-state index in [1.165, 1.54) is 0 Å². The molecule has 0 radical (unpaired) electrons. The number of allylic oxidation sites excluding steroid dienone is 1. The van der Waals surface area contributed by atoms with E-state index in [0.717, 1.165) is 18.8 Å². The van der Waals surface area contributed by atoms with Crippen molar-refractivity contribution in [3.63, 3.8) is 0 Å². The summed E-state index contributed by atoms with van der Waals surface area (Å²) in [4.78, 5) is 6.07. The van der Waals surface area contributed by atoms with Crippen molar-refractivity contribution in [1.29, 1.82) is 0 Å². The van der Waals surface area contributed by atoms with Gasteiger partial charge in [-0.15, -0.1) is 0 Å². The zero-order valence-electron chi connectivity index (χ0n) is 5.09. The van der Waals surface area contributed by atoms with Gasteiger partial charge in [0.15, 0.2) is 0 Å². The molecular weight excluding hydrogens is 100 g/mol. The van der Waals surface area contributed by atoms with E-state index in [-0.39, 0.29) is 0 Å². The van der Waals surface area contributed by atoms with Gasteiger partial charge in [0.1, 0.15) is 0 Å². The summed E-state index contributed by atoms with van der Waals surface area (Å²) in [6, 6.07) is 0. The fraction of sp³-hybridized carbons (Fsp3) is 0.500. The van der Waals surface area contributed by atoms with Gasteiger partial charge in [-0.1, -0.05) is 6.58 Å². The van der Waals surface area contributed by atoms with Crippen molar-refractivity contribution in [2.75, 3.05) is 13.1 Å². The maximum atomic E-state index is 4.03. The average molecular weight is 110 g/mol. The van der Waals surface area contributed by atoms with Crippen LogP contribution in [0.5, 0.6) is 0 Å². The first kappa shape index (κ1) is 5.35. The molecule has 1 aliphatic rings. The van der Waals surface area contributed by atoms with E-state index in [1.54, 1.807) is 0 Å². The van der Waals surface area contributed by atoms with Gasteiger partial charge in [-0.3, -0.25) is 4.99 Å². The maximum absolute atomic E-state index is 4.03. The van der Waals surface area contributed by atoms with Gasteiger partial charge in [-0.2, -0.15) is 0 Å². The Labute approximate surface area is 49.5 Å². The lowest BCUT2D eigenvalue weighted by atomic mass is 10.5. The highest BCUT2D eigenvalue weighted by atomic mass is 15.2. The number of nitrogens with zero attached hydrogens (tertiary/aromatic N) is 2. The third kappa shape index (κ3) is 0.886. The third-order valence-corrected chi connectivity index (χ3v) is 1.18. The van der Waals surface area contributed by atoms with Crippen LogP contribution >= 0.6 is 0 Å². The molecule has 0 bridgehead atoms. The van der Waals surface area contributed by atoms with Gasteiger partial charge < -0.3 is 4.90 Å². The van der Waals surface area contributed by atoms with Gasteiger partial charge in [-0.25, -0.2) is 0 Å². The summed E-state index contributed by atoms with van der Waals surface area (Å²) in [6.07, 6.45) is 1.84. The van der Waals surface area contributed by atoms with Crippen LogP contribution < -0.4 is 0 Å². The monoisotopic (exact) mass is 110 g/mol. The molecular formula is C6H10N2. The van der Waals surface area contributed by atoms with E-state index in [1.807, 2.05) is 18.2 Å². The minimum absolute atomic E-state index is 0.923. The smallest absolute Gasteiger partial charge is 0.0892 e. The first-order valence-electron chi connectivity index (χ1n) is 2.73.